The Morgan fingerprint density at radius 3 is 2.93 bits per heavy atom. The van der Waals surface area contributed by atoms with Crippen LogP contribution in [0.15, 0.2) is 0 Å². The Morgan fingerprint density at radius 2 is 2.29 bits per heavy atom. The molecule has 1 atom stereocenters. The van der Waals surface area contributed by atoms with Crippen molar-refractivity contribution in [2.24, 2.45) is 0 Å². The SMILES string of the molecule is CN1C(=O)CCC(NCCCF)C1=O. The molecule has 0 saturated carbocycles. The van der Waals surface area contributed by atoms with E-state index in [0.717, 1.165) is 4.90 Å². The van der Waals surface area contributed by atoms with Crippen molar-refractivity contribution in [2.45, 2.75) is 25.3 Å². The molecule has 80 valence electrons. The van der Waals surface area contributed by atoms with Crippen molar-refractivity contribution in [3.8, 4) is 0 Å². The van der Waals surface area contributed by atoms with Gasteiger partial charge in [0.25, 0.3) is 0 Å². The third kappa shape index (κ3) is 2.51. The molecule has 0 aromatic carbocycles. The van der Waals surface area contributed by atoms with E-state index >= 15 is 0 Å². The summed E-state index contributed by atoms with van der Waals surface area (Å²) in [5.41, 5.74) is 0. The predicted molar refractivity (Wildman–Crippen MR) is 49.4 cm³/mol. The van der Waals surface area contributed by atoms with Gasteiger partial charge in [-0.3, -0.25) is 18.9 Å². The monoisotopic (exact) mass is 202 g/mol. The lowest BCUT2D eigenvalue weighted by Crippen LogP contribution is -2.51. The lowest BCUT2D eigenvalue weighted by Gasteiger charge is -2.28. The Hall–Kier alpha value is -0.970. The minimum absolute atomic E-state index is 0.140. The van der Waals surface area contributed by atoms with Crippen LogP contribution in [0.5, 0.6) is 0 Å². The van der Waals surface area contributed by atoms with E-state index in [2.05, 4.69) is 5.32 Å². The summed E-state index contributed by atoms with van der Waals surface area (Å²) in [6, 6.07) is -0.316. The second-order valence-corrected chi connectivity index (χ2v) is 3.38. The highest BCUT2D eigenvalue weighted by Gasteiger charge is 2.30. The molecule has 1 heterocycles. The lowest BCUT2D eigenvalue weighted by molar-refractivity contribution is -0.148. The fourth-order valence-electron chi connectivity index (χ4n) is 1.45. The van der Waals surface area contributed by atoms with Crippen LogP contribution in [0.25, 0.3) is 0 Å². The summed E-state index contributed by atoms with van der Waals surface area (Å²) in [4.78, 5) is 23.7. The summed E-state index contributed by atoms with van der Waals surface area (Å²) in [5.74, 6) is -0.348. The number of piperidine rings is 1. The summed E-state index contributed by atoms with van der Waals surface area (Å²) in [6.07, 6.45) is 1.31. The maximum absolute atomic E-state index is 11.8. The number of nitrogens with zero attached hydrogens (tertiary/aromatic N) is 1. The Bertz CT molecular complexity index is 233. The first-order valence-corrected chi connectivity index (χ1v) is 4.76. The van der Waals surface area contributed by atoms with Crippen LogP contribution in [-0.2, 0) is 9.59 Å². The Balaban J connectivity index is 2.39. The van der Waals surface area contributed by atoms with Crippen molar-refractivity contribution in [2.75, 3.05) is 20.3 Å². The van der Waals surface area contributed by atoms with E-state index in [1.807, 2.05) is 0 Å². The topological polar surface area (TPSA) is 49.4 Å². The quantitative estimate of drug-likeness (QED) is 0.519. The predicted octanol–water partition coefficient (Wildman–Crippen LogP) is 0.0830. The van der Waals surface area contributed by atoms with Crippen molar-refractivity contribution in [1.82, 2.24) is 10.2 Å². The van der Waals surface area contributed by atoms with E-state index in [9.17, 15) is 14.0 Å². The number of imide groups is 1. The second-order valence-electron chi connectivity index (χ2n) is 3.38. The van der Waals surface area contributed by atoms with E-state index in [4.69, 9.17) is 0 Å². The number of likely N-dealkylation sites (tertiary alicyclic amines) is 1. The highest BCUT2D eigenvalue weighted by Crippen LogP contribution is 2.11. The molecule has 0 aromatic rings. The van der Waals surface area contributed by atoms with Gasteiger partial charge in [-0.2, -0.15) is 0 Å². The normalized spacial score (nSPS) is 23.0. The van der Waals surface area contributed by atoms with Gasteiger partial charge in [0, 0.05) is 13.5 Å². The fraction of sp³-hybridized carbons (Fsp3) is 0.778. The molecule has 1 N–H and O–H groups in total. The van der Waals surface area contributed by atoms with Gasteiger partial charge in [0.1, 0.15) is 0 Å². The minimum Gasteiger partial charge on any atom is -0.306 e. The Morgan fingerprint density at radius 1 is 1.57 bits per heavy atom. The molecule has 1 saturated heterocycles. The zero-order valence-corrected chi connectivity index (χ0v) is 8.25. The van der Waals surface area contributed by atoms with Crippen LogP contribution in [0.1, 0.15) is 19.3 Å². The number of nitrogens with one attached hydrogen (secondary N) is 1. The molecule has 1 fully saturated rings. The smallest absolute Gasteiger partial charge is 0.246 e. The second kappa shape index (κ2) is 5.05. The average molecular weight is 202 g/mol. The first-order chi connectivity index (χ1) is 6.66. The first kappa shape index (κ1) is 11.1. The third-order valence-electron chi connectivity index (χ3n) is 2.35. The summed E-state index contributed by atoms with van der Waals surface area (Å²) >= 11 is 0. The van der Waals surface area contributed by atoms with Crippen molar-refractivity contribution in [1.29, 1.82) is 0 Å². The zero-order valence-electron chi connectivity index (χ0n) is 8.25. The van der Waals surface area contributed by atoms with Crippen LogP contribution < -0.4 is 5.32 Å². The van der Waals surface area contributed by atoms with Gasteiger partial charge in [0.2, 0.25) is 11.8 Å². The van der Waals surface area contributed by atoms with Crippen LogP contribution in [0, 0.1) is 0 Å². The molecule has 1 aliphatic rings. The molecular weight excluding hydrogens is 187 g/mol. The molecule has 0 aromatic heterocycles. The van der Waals surface area contributed by atoms with E-state index in [1.165, 1.54) is 7.05 Å². The van der Waals surface area contributed by atoms with E-state index in [-0.39, 0.29) is 24.5 Å². The maximum Gasteiger partial charge on any atom is 0.246 e. The van der Waals surface area contributed by atoms with Crippen LogP contribution in [-0.4, -0.2) is 43.0 Å². The highest BCUT2D eigenvalue weighted by molar-refractivity contribution is 6.00. The molecule has 0 aliphatic carbocycles. The van der Waals surface area contributed by atoms with E-state index < -0.39 is 0 Å². The zero-order chi connectivity index (χ0) is 10.6. The van der Waals surface area contributed by atoms with Gasteiger partial charge in [0.15, 0.2) is 0 Å². The molecule has 5 heteroatoms. The first-order valence-electron chi connectivity index (χ1n) is 4.76. The highest BCUT2D eigenvalue weighted by atomic mass is 19.1. The summed E-state index contributed by atoms with van der Waals surface area (Å²) in [6.45, 7) is 0.0949. The number of amides is 2. The number of rotatable bonds is 4. The molecular formula is C9H15FN2O2. The molecule has 1 aliphatic heterocycles. The molecule has 0 bridgehead atoms. The van der Waals surface area contributed by atoms with Crippen LogP contribution >= 0.6 is 0 Å². The summed E-state index contributed by atoms with van der Waals surface area (Å²) in [7, 11) is 1.48. The van der Waals surface area contributed by atoms with Crippen LogP contribution in [0.2, 0.25) is 0 Å². The molecule has 2 amide bonds. The van der Waals surface area contributed by atoms with Crippen molar-refractivity contribution < 1.29 is 14.0 Å². The molecule has 1 rings (SSSR count). The number of hydrogen-bond donors (Lipinski definition) is 1. The molecule has 1 unspecified atom stereocenters. The van der Waals surface area contributed by atoms with Crippen molar-refractivity contribution >= 4 is 11.8 Å². The van der Waals surface area contributed by atoms with Crippen LogP contribution in [0.4, 0.5) is 4.39 Å². The standard InChI is InChI=1S/C9H15FN2O2/c1-12-8(13)4-3-7(9(12)14)11-6-2-5-10/h7,11H,2-6H2,1H3. The van der Waals surface area contributed by atoms with Crippen molar-refractivity contribution in [3.05, 3.63) is 0 Å². The number of carbonyl (C=O) groups excluding carboxylic acids is 2. The van der Waals surface area contributed by atoms with E-state index in [0.29, 0.717) is 25.8 Å². The molecule has 14 heavy (non-hydrogen) atoms. The number of carbonyl (C=O) groups is 2. The van der Waals surface area contributed by atoms with Gasteiger partial charge in [-0.05, 0) is 19.4 Å². The van der Waals surface area contributed by atoms with Gasteiger partial charge >= 0.3 is 0 Å². The van der Waals surface area contributed by atoms with Gasteiger partial charge in [-0.1, -0.05) is 0 Å². The van der Waals surface area contributed by atoms with Crippen LogP contribution in [0.3, 0.4) is 0 Å². The maximum atomic E-state index is 11.8. The van der Waals surface area contributed by atoms with Crippen molar-refractivity contribution in [3.63, 3.8) is 0 Å². The van der Waals surface area contributed by atoms with Gasteiger partial charge in [-0.15, -0.1) is 0 Å². The largest absolute Gasteiger partial charge is 0.306 e. The van der Waals surface area contributed by atoms with E-state index in [1.54, 1.807) is 0 Å². The lowest BCUT2D eigenvalue weighted by atomic mass is 10.0. The number of hydrogen-bond acceptors (Lipinski definition) is 3. The minimum atomic E-state index is -0.386. The molecule has 4 nitrogen and oxygen atoms in total. The van der Waals surface area contributed by atoms with Gasteiger partial charge in [-0.25, -0.2) is 0 Å². The molecule has 0 spiro atoms. The number of likely N-dealkylation sites (N-methyl/N-ethyl adjacent to an activating group) is 1. The summed E-state index contributed by atoms with van der Waals surface area (Å²) in [5, 5.41) is 2.94. The Labute approximate surface area is 82.5 Å². The number of halogens is 1. The molecule has 0 radical (unpaired) electrons. The fourth-order valence-corrected chi connectivity index (χ4v) is 1.45. The van der Waals surface area contributed by atoms with Gasteiger partial charge in [0.05, 0.1) is 12.7 Å². The third-order valence-corrected chi connectivity index (χ3v) is 2.35. The Kier molecular flexibility index (Phi) is 4.00. The average Bonchev–Trinajstić information content (AvgIpc) is 2.18. The van der Waals surface area contributed by atoms with Gasteiger partial charge < -0.3 is 5.32 Å². The summed E-state index contributed by atoms with van der Waals surface area (Å²) < 4.78 is 11.8. The number of alkyl halides is 1.